The van der Waals surface area contributed by atoms with Crippen molar-refractivity contribution >= 4 is 0 Å². The van der Waals surface area contributed by atoms with E-state index in [4.69, 9.17) is 43.4 Å². The Morgan fingerprint density at radius 3 is 1.49 bits per heavy atom. The minimum Gasteiger partial charge on any atom is -0.379 e. The predicted octanol–water partition coefficient (Wildman–Crippen LogP) is 1.93. The summed E-state index contributed by atoms with van der Waals surface area (Å²) in [6.45, 7) is 8.96. The van der Waals surface area contributed by atoms with E-state index in [1.807, 2.05) is 18.3 Å². The highest BCUT2D eigenvalue weighted by Crippen LogP contribution is 2.19. The van der Waals surface area contributed by atoms with Crippen LogP contribution in [0.2, 0.25) is 0 Å². The Hall–Kier alpha value is -2.39. The van der Waals surface area contributed by atoms with Crippen molar-refractivity contribution in [1.82, 2.24) is 15.0 Å². The monoisotopic (exact) mass is 554 g/mol. The van der Waals surface area contributed by atoms with Crippen LogP contribution >= 0.6 is 0 Å². The Morgan fingerprint density at radius 1 is 0.641 bits per heavy atom. The predicted molar refractivity (Wildman–Crippen MR) is 142 cm³/mol. The Bertz CT molecular complexity index is 806. The van der Waals surface area contributed by atoms with Crippen molar-refractivity contribution in [1.29, 1.82) is 0 Å². The lowest BCUT2D eigenvalue weighted by Crippen LogP contribution is -2.15. The second-order valence-corrected chi connectivity index (χ2v) is 8.06. The van der Waals surface area contributed by atoms with Crippen LogP contribution in [0.25, 0.3) is 10.4 Å². The second-order valence-electron chi connectivity index (χ2n) is 8.06. The molecule has 1 aliphatic rings. The number of aromatic nitrogens is 3. The topological polar surface area (TPSA) is 153 Å². The maximum Gasteiger partial charge on any atom is 0.0933 e. The van der Waals surface area contributed by atoms with E-state index in [9.17, 15) is 0 Å². The van der Waals surface area contributed by atoms with Crippen LogP contribution in [0.5, 0.6) is 0 Å². The highest BCUT2D eigenvalue weighted by atomic mass is 16.6. The van der Waals surface area contributed by atoms with Crippen LogP contribution in [-0.2, 0) is 44.4 Å². The molecular formula is C25H42N6O8. The van der Waals surface area contributed by atoms with E-state index in [1.165, 1.54) is 0 Å². The molecule has 2 rings (SSSR count). The van der Waals surface area contributed by atoms with E-state index >= 15 is 0 Å². The number of allylic oxidation sites excluding steroid dienone is 4. The molecule has 39 heavy (non-hydrogen) atoms. The van der Waals surface area contributed by atoms with Crippen LogP contribution < -0.4 is 0 Å². The first-order valence-corrected chi connectivity index (χ1v) is 13.3. The molecule has 0 N–H and O–H groups in total. The van der Waals surface area contributed by atoms with Gasteiger partial charge in [0.15, 0.2) is 0 Å². The van der Waals surface area contributed by atoms with Gasteiger partial charge in [0.2, 0.25) is 0 Å². The lowest BCUT2D eigenvalue weighted by Gasteiger charge is -2.08. The van der Waals surface area contributed by atoms with Gasteiger partial charge >= 0.3 is 0 Å². The average Bonchev–Trinajstić information content (AvgIpc) is 3.65. The Labute approximate surface area is 229 Å². The summed E-state index contributed by atoms with van der Waals surface area (Å²) >= 11 is 0. The molecule has 0 saturated heterocycles. The van der Waals surface area contributed by atoms with Gasteiger partial charge < -0.3 is 37.9 Å². The standard InChI is InChI=1S/C25H42N6O8/c26-29-27-5-7-32-9-11-34-13-15-36-17-19-38-21-22-39-20-18-37-16-14-35-12-10-33-8-6-31-23-25(28-30-31)24-3-1-2-4-24/h1-4,23-24H,5-22H2. The molecule has 0 aliphatic heterocycles. The van der Waals surface area contributed by atoms with Crippen molar-refractivity contribution in [3.05, 3.63) is 46.6 Å². The molecule has 0 fully saturated rings. The van der Waals surface area contributed by atoms with Gasteiger partial charge in [0, 0.05) is 23.6 Å². The fourth-order valence-electron chi connectivity index (χ4n) is 3.15. The number of ether oxygens (including phenoxy) is 8. The SMILES string of the molecule is [N-]=[N+]=NCCOCCOCCOCCOCCOCCOCCOCCOCCn1cc(C2C=CC=C2)nn1. The summed E-state index contributed by atoms with van der Waals surface area (Å²) < 4.78 is 45.2. The number of rotatable bonds is 28. The lowest BCUT2D eigenvalue weighted by molar-refractivity contribution is -0.0231. The molecule has 0 bridgehead atoms. The van der Waals surface area contributed by atoms with E-state index < -0.39 is 0 Å². The molecule has 0 saturated carbocycles. The first-order valence-electron chi connectivity index (χ1n) is 13.3. The quantitative estimate of drug-likeness (QED) is 0.0650. The lowest BCUT2D eigenvalue weighted by atomic mass is 10.1. The molecule has 0 radical (unpaired) electrons. The van der Waals surface area contributed by atoms with E-state index in [2.05, 4.69) is 32.5 Å². The normalized spacial score (nSPS) is 12.9. The average molecular weight is 555 g/mol. The smallest absolute Gasteiger partial charge is 0.0933 e. The minimum atomic E-state index is 0.228. The molecule has 1 aliphatic carbocycles. The zero-order valence-corrected chi connectivity index (χ0v) is 22.6. The first-order chi connectivity index (χ1) is 19.4. The van der Waals surface area contributed by atoms with Crippen LogP contribution in [-0.4, -0.2) is 127 Å². The zero-order valence-electron chi connectivity index (χ0n) is 22.6. The molecule has 1 aromatic heterocycles. The molecule has 0 unspecified atom stereocenters. The van der Waals surface area contributed by atoms with Crippen molar-refractivity contribution in [3.63, 3.8) is 0 Å². The number of hydrogen-bond donors (Lipinski definition) is 0. The number of azide groups is 1. The molecule has 0 amide bonds. The molecule has 0 atom stereocenters. The van der Waals surface area contributed by atoms with Crippen molar-refractivity contribution in [3.8, 4) is 0 Å². The first kappa shape index (κ1) is 32.8. The molecule has 14 nitrogen and oxygen atoms in total. The second kappa shape index (κ2) is 24.6. The summed E-state index contributed by atoms with van der Waals surface area (Å²) in [5.74, 6) is 0.228. The molecule has 220 valence electrons. The molecule has 1 heterocycles. The molecule has 1 aromatic rings. The Balaban J connectivity index is 1.20. The third-order valence-electron chi connectivity index (χ3n) is 5.11. The number of nitrogens with zero attached hydrogens (tertiary/aromatic N) is 6. The van der Waals surface area contributed by atoms with Gasteiger partial charge in [-0.05, 0) is 5.53 Å². The summed E-state index contributed by atoms with van der Waals surface area (Å²) in [6, 6.07) is 0. The van der Waals surface area contributed by atoms with E-state index in [0.29, 0.717) is 119 Å². The van der Waals surface area contributed by atoms with Crippen LogP contribution in [0.1, 0.15) is 11.6 Å². The van der Waals surface area contributed by atoms with Crippen molar-refractivity contribution < 1.29 is 37.9 Å². The number of hydrogen-bond acceptors (Lipinski definition) is 11. The fraction of sp³-hybridized carbons (Fsp3) is 0.760. The van der Waals surface area contributed by atoms with Crippen LogP contribution in [0.15, 0.2) is 35.6 Å². The van der Waals surface area contributed by atoms with Gasteiger partial charge in [0.05, 0.1) is 118 Å². The van der Waals surface area contributed by atoms with Crippen molar-refractivity contribution in [2.75, 3.05) is 112 Å². The third kappa shape index (κ3) is 18.5. The molecule has 0 aromatic carbocycles. The highest BCUT2D eigenvalue weighted by Gasteiger charge is 2.11. The summed E-state index contributed by atoms with van der Waals surface area (Å²) in [7, 11) is 0. The van der Waals surface area contributed by atoms with Gasteiger partial charge in [-0.3, -0.25) is 0 Å². The van der Waals surface area contributed by atoms with Gasteiger partial charge in [-0.15, -0.1) is 5.10 Å². The molecule has 14 heteroatoms. The largest absolute Gasteiger partial charge is 0.379 e. The highest BCUT2D eigenvalue weighted by molar-refractivity contribution is 5.28. The van der Waals surface area contributed by atoms with Gasteiger partial charge in [0.25, 0.3) is 0 Å². The maximum atomic E-state index is 8.12. The summed E-state index contributed by atoms with van der Waals surface area (Å²) in [6.07, 6.45) is 10.2. The Morgan fingerprint density at radius 2 is 1.05 bits per heavy atom. The van der Waals surface area contributed by atoms with E-state index in [-0.39, 0.29) is 5.92 Å². The summed E-state index contributed by atoms with van der Waals surface area (Å²) in [5, 5.41) is 11.7. The van der Waals surface area contributed by atoms with Crippen LogP contribution in [0, 0.1) is 0 Å². The molecule has 0 spiro atoms. The minimum absolute atomic E-state index is 0.228. The van der Waals surface area contributed by atoms with Crippen molar-refractivity contribution in [2.45, 2.75) is 12.5 Å². The van der Waals surface area contributed by atoms with Gasteiger partial charge in [-0.25, -0.2) is 4.68 Å². The van der Waals surface area contributed by atoms with Crippen LogP contribution in [0.3, 0.4) is 0 Å². The fourth-order valence-corrected chi connectivity index (χ4v) is 3.15. The van der Waals surface area contributed by atoms with E-state index in [1.54, 1.807) is 4.68 Å². The Kier molecular flexibility index (Phi) is 20.7. The third-order valence-corrected chi connectivity index (χ3v) is 5.11. The van der Waals surface area contributed by atoms with Crippen molar-refractivity contribution in [2.24, 2.45) is 5.11 Å². The zero-order chi connectivity index (χ0) is 27.5. The summed E-state index contributed by atoms with van der Waals surface area (Å²) in [4.78, 5) is 2.64. The maximum absolute atomic E-state index is 8.12. The van der Waals surface area contributed by atoms with Gasteiger partial charge in [-0.1, -0.05) is 34.6 Å². The molecular weight excluding hydrogens is 512 g/mol. The van der Waals surface area contributed by atoms with E-state index in [0.717, 1.165) is 5.69 Å². The summed E-state index contributed by atoms with van der Waals surface area (Å²) in [5.41, 5.74) is 9.07. The van der Waals surface area contributed by atoms with Gasteiger partial charge in [0.1, 0.15) is 0 Å². The van der Waals surface area contributed by atoms with Crippen LogP contribution in [0.4, 0.5) is 0 Å². The van der Waals surface area contributed by atoms with Gasteiger partial charge in [-0.2, -0.15) is 0 Å².